The molecule has 0 saturated heterocycles. The maximum absolute atomic E-state index is 11.5. The van der Waals surface area contributed by atoms with E-state index < -0.39 is 0 Å². The molecule has 3 aromatic rings. The second-order valence-corrected chi connectivity index (χ2v) is 5.06. The Bertz CT molecular complexity index is 900. The molecule has 1 aromatic carbocycles. The lowest BCUT2D eigenvalue weighted by Gasteiger charge is -2.11. The number of hydrogen-bond donors (Lipinski definition) is 1. The van der Waals surface area contributed by atoms with Gasteiger partial charge in [-0.15, -0.1) is 0 Å². The summed E-state index contributed by atoms with van der Waals surface area (Å²) in [6.07, 6.45) is 1.52. The van der Waals surface area contributed by atoms with Crippen LogP contribution < -0.4 is 20.1 Å². The van der Waals surface area contributed by atoms with Crippen LogP contribution in [0.2, 0.25) is 0 Å². The Kier molecular flexibility index (Phi) is 4.92. The van der Waals surface area contributed by atoms with E-state index in [0.717, 1.165) is 10.4 Å². The predicted molar refractivity (Wildman–Crippen MR) is 87.4 cm³/mol. The fourth-order valence-corrected chi connectivity index (χ4v) is 2.02. The molecular formula is C14H16N8O4. The highest BCUT2D eigenvalue weighted by atomic mass is 16.8. The number of nitrogens with two attached hydrogens (primary N) is 1. The summed E-state index contributed by atoms with van der Waals surface area (Å²) in [5.74, 6) is 1.03. The summed E-state index contributed by atoms with van der Waals surface area (Å²) in [4.78, 5) is 1.40. The fraction of sp³-hybridized carbons (Fsp3) is 0.286. The SMILES string of the molecule is CCOc1cc(C=Nn2nnnc2N)ccc1OCc1c(C)no[n+]1[O-]. The number of hydrogen-bond acceptors (Lipinski definition) is 10. The van der Waals surface area contributed by atoms with Crippen LogP contribution in [0.1, 0.15) is 23.9 Å². The summed E-state index contributed by atoms with van der Waals surface area (Å²) in [5, 5.41) is 29.6. The number of aryl methyl sites for hydroxylation is 1. The highest BCUT2D eigenvalue weighted by Crippen LogP contribution is 2.28. The van der Waals surface area contributed by atoms with Gasteiger partial charge in [0.25, 0.3) is 5.95 Å². The van der Waals surface area contributed by atoms with Crippen LogP contribution in [0, 0.1) is 12.1 Å². The van der Waals surface area contributed by atoms with Gasteiger partial charge in [0.1, 0.15) is 0 Å². The number of aromatic nitrogens is 6. The van der Waals surface area contributed by atoms with Gasteiger partial charge in [-0.1, -0.05) is 9.89 Å². The Balaban J connectivity index is 1.78. The molecule has 0 bridgehead atoms. The minimum Gasteiger partial charge on any atom is -0.490 e. The number of nitrogens with zero attached hydrogens (tertiary/aromatic N) is 7. The number of anilines is 1. The lowest BCUT2D eigenvalue weighted by molar-refractivity contribution is -0.808. The minimum absolute atomic E-state index is 0.00645. The number of nitrogen functional groups attached to an aromatic ring is 1. The van der Waals surface area contributed by atoms with Crippen molar-refractivity contribution in [2.24, 2.45) is 5.10 Å². The van der Waals surface area contributed by atoms with Gasteiger partial charge in [-0.25, -0.2) is 0 Å². The topological polar surface area (TPSA) is 153 Å². The normalized spacial score (nSPS) is 11.2. The van der Waals surface area contributed by atoms with Crippen molar-refractivity contribution in [2.45, 2.75) is 20.5 Å². The Morgan fingerprint density at radius 2 is 2.23 bits per heavy atom. The van der Waals surface area contributed by atoms with Gasteiger partial charge in [-0.05, 0) is 46.0 Å². The molecule has 26 heavy (non-hydrogen) atoms. The molecule has 0 saturated carbocycles. The lowest BCUT2D eigenvalue weighted by Crippen LogP contribution is -2.29. The Morgan fingerprint density at radius 1 is 1.38 bits per heavy atom. The fourth-order valence-electron chi connectivity index (χ4n) is 2.02. The molecule has 0 atom stereocenters. The van der Waals surface area contributed by atoms with Crippen LogP contribution in [-0.2, 0) is 6.61 Å². The smallest absolute Gasteiger partial charge is 0.263 e. The second kappa shape index (κ2) is 7.46. The van der Waals surface area contributed by atoms with Gasteiger partial charge in [-0.3, -0.25) is 4.63 Å². The van der Waals surface area contributed by atoms with E-state index in [9.17, 15) is 5.21 Å². The average molecular weight is 360 g/mol. The molecule has 2 N–H and O–H groups in total. The summed E-state index contributed by atoms with van der Waals surface area (Å²) in [7, 11) is 0. The van der Waals surface area contributed by atoms with E-state index in [1.807, 2.05) is 6.92 Å². The van der Waals surface area contributed by atoms with Crippen molar-refractivity contribution in [1.29, 1.82) is 0 Å². The standard InChI is InChI=1S/C14H16N8O4/c1-3-24-13-6-10(7-16-21-14(15)17-19-20-21)4-5-12(13)25-8-11-9(2)18-26-22(11)23/h4-7H,3,8H2,1-2H3,(H2,15,17,20). The first-order valence-electron chi connectivity index (χ1n) is 7.61. The predicted octanol–water partition coefficient (Wildman–Crippen LogP) is 0.0450. The molecule has 0 spiro atoms. The van der Waals surface area contributed by atoms with Crippen LogP contribution in [0.3, 0.4) is 0 Å². The molecule has 2 aromatic heterocycles. The third-order valence-corrected chi connectivity index (χ3v) is 3.31. The van der Waals surface area contributed by atoms with E-state index in [4.69, 9.17) is 15.2 Å². The van der Waals surface area contributed by atoms with Crippen molar-refractivity contribution >= 4 is 12.2 Å². The molecular weight excluding hydrogens is 344 g/mol. The molecule has 2 heterocycles. The van der Waals surface area contributed by atoms with Crippen molar-refractivity contribution in [3.8, 4) is 11.5 Å². The molecule has 0 radical (unpaired) electrons. The molecule has 12 heteroatoms. The molecule has 0 unspecified atom stereocenters. The van der Waals surface area contributed by atoms with Gasteiger partial charge in [0, 0.05) is 12.1 Å². The van der Waals surface area contributed by atoms with E-state index >= 15 is 0 Å². The summed E-state index contributed by atoms with van der Waals surface area (Å²) in [6, 6.07) is 5.19. The van der Waals surface area contributed by atoms with Crippen molar-refractivity contribution in [2.75, 3.05) is 12.3 Å². The van der Waals surface area contributed by atoms with E-state index in [-0.39, 0.29) is 18.2 Å². The van der Waals surface area contributed by atoms with E-state index in [0.29, 0.717) is 28.7 Å². The van der Waals surface area contributed by atoms with E-state index in [1.54, 1.807) is 25.1 Å². The molecule has 3 rings (SSSR count). The average Bonchev–Trinajstić information content (AvgIpc) is 3.18. The zero-order valence-electron chi connectivity index (χ0n) is 14.1. The zero-order chi connectivity index (χ0) is 18.5. The van der Waals surface area contributed by atoms with E-state index in [1.165, 1.54) is 6.21 Å². The number of tetrazole rings is 1. The van der Waals surface area contributed by atoms with Gasteiger partial charge in [0.2, 0.25) is 11.4 Å². The summed E-state index contributed by atoms with van der Waals surface area (Å²) >= 11 is 0. The molecule has 12 nitrogen and oxygen atoms in total. The van der Waals surface area contributed by atoms with Crippen molar-refractivity contribution in [3.05, 3.63) is 40.4 Å². The third-order valence-electron chi connectivity index (χ3n) is 3.31. The highest BCUT2D eigenvalue weighted by molar-refractivity contribution is 5.80. The first-order valence-corrected chi connectivity index (χ1v) is 7.61. The Morgan fingerprint density at radius 3 is 2.88 bits per heavy atom. The third kappa shape index (κ3) is 3.68. The second-order valence-electron chi connectivity index (χ2n) is 5.06. The van der Waals surface area contributed by atoms with Crippen LogP contribution in [0.15, 0.2) is 27.9 Å². The molecule has 136 valence electrons. The molecule has 0 aliphatic carbocycles. The van der Waals surface area contributed by atoms with Crippen LogP contribution >= 0.6 is 0 Å². The van der Waals surface area contributed by atoms with Crippen LogP contribution in [0.5, 0.6) is 11.5 Å². The van der Waals surface area contributed by atoms with Gasteiger partial charge in [0.15, 0.2) is 18.1 Å². The molecule has 0 aliphatic heterocycles. The van der Waals surface area contributed by atoms with Crippen molar-refractivity contribution < 1.29 is 19.0 Å². The lowest BCUT2D eigenvalue weighted by atomic mass is 10.2. The maximum atomic E-state index is 11.5. The highest BCUT2D eigenvalue weighted by Gasteiger charge is 2.16. The van der Waals surface area contributed by atoms with Crippen LogP contribution in [-0.4, -0.2) is 38.3 Å². The number of benzene rings is 1. The van der Waals surface area contributed by atoms with Gasteiger partial charge >= 0.3 is 0 Å². The quantitative estimate of drug-likeness (QED) is 0.454. The van der Waals surface area contributed by atoms with Crippen LogP contribution in [0.4, 0.5) is 5.95 Å². The first-order chi connectivity index (χ1) is 12.6. The Labute approximate surface area is 147 Å². The van der Waals surface area contributed by atoms with Crippen molar-refractivity contribution in [1.82, 2.24) is 25.5 Å². The maximum Gasteiger partial charge on any atom is 0.263 e. The van der Waals surface area contributed by atoms with Crippen molar-refractivity contribution in [3.63, 3.8) is 0 Å². The molecule has 0 aliphatic rings. The summed E-state index contributed by atoms with van der Waals surface area (Å²) in [5.41, 5.74) is 7.01. The summed E-state index contributed by atoms with van der Waals surface area (Å²) < 4.78 is 15.8. The van der Waals surface area contributed by atoms with Crippen LogP contribution in [0.25, 0.3) is 0 Å². The minimum atomic E-state index is -0.00645. The van der Waals surface area contributed by atoms with Gasteiger partial charge < -0.3 is 20.4 Å². The van der Waals surface area contributed by atoms with E-state index in [2.05, 4.69) is 30.4 Å². The Hall–Kier alpha value is -3.70. The summed E-state index contributed by atoms with van der Waals surface area (Å²) in [6.45, 7) is 3.94. The molecule has 0 fully saturated rings. The monoisotopic (exact) mass is 360 g/mol. The first kappa shape index (κ1) is 17.1. The molecule has 0 amide bonds. The largest absolute Gasteiger partial charge is 0.490 e. The number of ether oxygens (including phenoxy) is 2. The number of rotatable bonds is 7. The van der Waals surface area contributed by atoms with Gasteiger partial charge in [-0.2, -0.15) is 5.10 Å². The van der Waals surface area contributed by atoms with Gasteiger partial charge in [0.05, 0.1) is 12.8 Å². The zero-order valence-corrected chi connectivity index (χ0v) is 14.1.